The van der Waals surface area contributed by atoms with E-state index in [4.69, 9.17) is 15.2 Å². The highest BCUT2D eigenvalue weighted by Crippen LogP contribution is 2.32. The molecule has 0 unspecified atom stereocenters. The maximum absolute atomic E-state index is 12.0. The van der Waals surface area contributed by atoms with E-state index in [-0.39, 0.29) is 35.8 Å². The van der Waals surface area contributed by atoms with Gasteiger partial charge in [-0.25, -0.2) is 0 Å². The molecule has 0 bridgehead atoms. The number of nitrogens with one attached hydrogen (secondary N) is 2. The van der Waals surface area contributed by atoms with Crippen LogP contribution in [0.3, 0.4) is 0 Å². The van der Waals surface area contributed by atoms with Crippen LogP contribution in [0.2, 0.25) is 0 Å². The zero-order valence-corrected chi connectivity index (χ0v) is 17.9. The molecule has 0 radical (unpaired) electrons. The summed E-state index contributed by atoms with van der Waals surface area (Å²) in [6.45, 7) is 1.66. The normalized spacial score (nSPS) is 17.4. The Morgan fingerprint density at radius 2 is 1.85 bits per heavy atom. The average molecular weight is 488 g/mol. The van der Waals surface area contributed by atoms with Gasteiger partial charge in [-0.15, -0.1) is 24.0 Å². The number of halogens is 1. The predicted octanol–water partition coefficient (Wildman–Crippen LogP) is 3.03. The van der Waals surface area contributed by atoms with E-state index in [1.54, 1.807) is 0 Å². The predicted molar refractivity (Wildman–Crippen MR) is 117 cm³/mol. The average Bonchev–Trinajstić information content (AvgIpc) is 2.87. The minimum Gasteiger partial charge on any atom is -0.490 e. The van der Waals surface area contributed by atoms with Crippen molar-refractivity contribution in [1.29, 1.82) is 0 Å². The van der Waals surface area contributed by atoms with Crippen molar-refractivity contribution in [3.63, 3.8) is 0 Å². The van der Waals surface area contributed by atoms with Crippen molar-refractivity contribution in [3.8, 4) is 11.5 Å². The highest BCUT2D eigenvalue weighted by atomic mass is 127. The van der Waals surface area contributed by atoms with E-state index in [1.165, 1.54) is 19.3 Å². The fourth-order valence-electron chi connectivity index (χ4n) is 3.25. The van der Waals surface area contributed by atoms with Gasteiger partial charge in [0, 0.05) is 30.6 Å². The van der Waals surface area contributed by atoms with Crippen LogP contribution in [0.1, 0.15) is 44.9 Å². The standard InChI is InChI=1S/C19H28N4O3.HI/c20-19(21-10-9-18(24)22-14-5-2-1-3-6-14)23-15-7-8-16-17(13-15)26-12-4-11-25-16;/h7-8,13-14H,1-6,9-12H2,(H,22,24)(H3,20,21,23);1H. The molecule has 4 N–H and O–H groups in total. The number of carbonyl (C=O) groups excluding carboxylic acids is 1. The van der Waals surface area contributed by atoms with Crippen molar-refractivity contribution in [1.82, 2.24) is 5.32 Å². The van der Waals surface area contributed by atoms with Gasteiger partial charge in [0.15, 0.2) is 17.5 Å². The number of hydrogen-bond donors (Lipinski definition) is 3. The van der Waals surface area contributed by atoms with E-state index in [0.717, 1.165) is 30.7 Å². The zero-order valence-electron chi connectivity index (χ0n) is 15.5. The van der Waals surface area contributed by atoms with Gasteiger partial charge in [0.25, 0.3) is 0 Å². The topological polar surface area (TPSA) is 98.0 Å². The number of aliphatic imine (C=N–C) groups is 1. The molecule has 1 fully saturated rings. The maximum Gasteiger partial charge on any atom is 0.222 e. The second kappa shape index (κ2) is 11.2. The Kier molecular flexibility index (Phi) is 8.96. The summed E-state index contributed by atoms with van der Waals surface area (Å²) < 4.78 is 11.3. The van der Waals surface area contributed by atoms with Crippen molar-refractivity contribution in [2.75, 3.05) is 25.1 Å². The molecular weight excluding hydrogens is 459 g/mol. The molecule has 0 atom stereocenters. The van der Waals surface area contributed by atoms with Crippen LogP contribution >= 0.6 is 24.0 Å². The Labute approximate surface area is 177 Å². The first-order valence-corrected chi connectivity index (χ1v) is 9.46. The summed E-state index contributed by atoms with van der Waals surface area (Å²) >= 11 is 0. The van der Waals surface area contributed by atoms with E-state index in [2.05, 4.69) is 15.6 Å². The first kappa shape index (κ1) is 21.6. The second-order valence-corrected chi connectivity index (χ2v) is 6.76. The molecule has 1 aliphatic carbocycles. The largest absolute Gasteiger partial charge is 0.490 e. The highest BCUT2D eigenvalue weighted by Gasteiger charge is 2.15. The number of anilines is 1. The van der Waals surface area contributed by atoms with Crippen LogP contribution in [0.4, 0.5) is 5.69 Å². The van der Waals surface area contributed by atoms with Crippen molar-refractivity contribution >= 4 is 41.5 Å². The Balaban J connectivity index is 0.00000261. The molecule has 2 aliphatic rings. The number of benzene rings is 1. The van der Waals surface area contributed by atoms with Gasteiger partial charge in [-0.1, -0.05) is 19.3 Å². The minimum atomic E-state index is 0. The van der Waals surface area contributed by atoms with Crippen molar-refractivity contribution in [3.05, 3.63) is 18.2 Å². The van der Waals surface area contributed by atoms with Crippen LogP contribution in [-0.2, 0) is 4.79 Å². The van der Waals surface area contributed by atoms with Crippen LogP contribution in [-0.4, -0.2) is 37.7 Å². The molecule has 1 saturated carbocycles. The monoisotopic (exact) mass is 488 g/mol. The molecule has 1 amide bonds. The third kappa shape index (κ3) is 7.08. The number of amides is 1. The lowest BCUT2D eigenvalue weighted by atomic mass is 9.95. The lowest BCUT2D eigenvalue weighted by Crippen LogP contribution is -2.36. The first-order valence-electron chi connectivity index (χ1n) is 9.46. The van der Waals surface area contributed by atoms with Crippen LogP contribution in [0.25, 0.3) is 0 Å². The summed E-state index contributed by atoms with van der Waals surface area (Å²) in [5, 5.41) is 6.11. The SMILES string of the molecule is I.NC(=NCCC(=O)NC1CCCCC1)Nc1ccc2c(c1)OCCCO2. The van der Waals surface area contributed by atoms with Gasteiger partial charge in [0.1, 0.15) is 0 Å². The maximum atomic E-state index is 12.0. The molecule has 1 aliphatic heterocycles. The Morgan fingerprint density at radius 1 is 1.11 bits per heavy atom. The Bertz CT molecular complexity index is 648. The quantitative estimate of drug-likeness (QED) is 0.336. The fourth-order valence-corrected chi connectivity index (χ4v) is 3.25. The number of guanidine groups is 1. The number of carbonyl (C=O) groups is 1. The molecule has 8 heteroatoms. The van der Waals surface area contributed by atoms with E-state index in [0.29, 0.717) is 38.0 Å². The Morgan fingerprint density at radius 3 is 2.63 bits per heavy atom. The zero-order chi connectivity index (χ0) is 18.2. The molecule has 1 heterocycles. The lowest BCUT2D eigenvalue weighted by Gasteiger charge is -2.22. The summed E-state index contributed by atoms with van der Waals surface area (Å²) in [6.07, 6.45) is 7.07. The molecule has 0 aromatic heterocycles. The summed E-state index contributed by atoms with van der Waals surface area (Å²) in [6, 6.07) is 5.90. The first-order chi connectivity index (χ1) is 12.7. The number of hydrogen-bond acceptors (Lipinski definition) is 4. The summed E-state index contributed by atoms with van der Waals surface area (Å²) in [5.41, 5.74) is 6.70. The van der Waals surface area contributed by atoms with Crippen molar-refractivity contribution in [2.24, 2.45) is 10.7 Å². The van der Waals surface area contributed by atoms with E-state index in [9.17, 15) is 4.79 Å². The molecule has 7 nitrogen and oxygen atoms in total. The number of nitrogens with two attached hydrogens (primary N) is 1. The summed E-state index contributed by atoms with van der Waals surface area (Å²) in [7, 11) is 0. The molecular formula is C19H29IN4O3. The van der Waals surface area contributed by atoms with Crippen LogP contribution in [0.5, 0.6) is 11.5 Å². The smallest absolute Gasteiger partial charge is 0.222 e. The number of nitrogens with zero attached hydrogens (tertiary/aromatic N) is 1. The molecule has 0 spiro atoms. The van der Waals surface area contributed by atoms with Gasteiger partial charge in [0.05, 0.1) is 19.8 Å². The van der Waals surface area contributed by atoms with E-state index in [1.807, 2.05) is 18.2 Å². The van der Waals surface area contributed by atoms with Crippen molar-refractivity contribution in [2.45, 2.75) is 51.0 Å². The number of fused-ring (bicyclic) bond motifs is 1. The number of rotatable bonds is 5. The third-order valence-electron chi connectivity index (χ3n) is 4.61. The lowest BCUT2D eigenvalue weighted by molar-refractivity contribution is -0.121. The molecule has 1 aromatic rings. The van der Waals surface area contributed by atoms with Gasteiger partial charge in [-0.2, -0.15) is 0 Å². The van der Waals surface area contributed by atoms with E-state index >= 15 is 0 Å². The molecule has 150 valence electrons. The number of ether oxygens (including phenoxy) is 2. The van der Waals surface area contributed by atoms with Gasteiger partial charge in [0.2, 0.25) is 5.91 Å². The van der Waals surface area contributed by atoms with Gasteiger partial charge in [-0.3, -0.25) is 9.79 Å². The van der Waals surface area contributed by atoms with Gasteiger partial charge < -0.3 is 25.8 Å². The Hall–Kier alpha value is -1.71. The van der Waals surface area contributed by atoms with Crippen LogP contribution in [0, 0.1) is 0 Å². The molecule has 0 saturated heterocycles. The summed E-state index contributed by atoms with van der Waals surface area (Å²) in [4.78, 5) is 16.2. The third-order valence-corrected chi connectivity index (χ3v) is 4.61. The minimum absolute atomic E-state index is 0. The molecule has 3 rings (SSSR count). The fraction of sp³-hybridized carbons (Fsp3) is 0.579. The highest BCUT2D eigenvalue weighted by molar-refractivity contribution is 14.0. The molecule has 1 aromatic carbocycles. The second-order valence-electron chi connectivity index (χ2n) is 6.76. The van der Waals surface area contributed by atoms with Crippen molar-refractivity contribution < 1.29 is 14.3 Å². The van der Waals surface area contributed by atoms with E-state index < -0.39 is 0 Å². The van der Waals surface area contributed by atoms with Gasteiger partial charge in [-0.05, 0) is 25.0 Å². The summed E-state index contributed by atoms with van der Waals surface area (Å²) in [5.74, 6) is 1.77. The molecule has 27 heavy (non-hydrogen) atoms. The van der Waals surface area contributed by atoms with Gasteiger partial charge >= 0.3 is 0 Å². The van der Waals surface area contributed by atoms with Crippen LogP contribution < -0.4 is 25.8 Å². The van der Waals surface area contributed by atoms with Crippen LogP contribution in [0.15, 0.2) is 23.2 Å².